The number of phenols is 1. The predicted molar refractivity (Wildman–Crippen MR) is 332 cm³/mol. The lowest BCUT2D eigenvalue weighted by Crippen LogP contribution is -2.54. The van der Waals surface area contributed by atoms with E-state index in [0.29, 0.717) is 66.3 Å². The summed E-state index contributed by atoms with van der Waals surface area (Å²) >= 11 is 0. The van der Waals surface area contributed by atoms with Crippen LogP contribution < -0.4 is 19.9 Å². The molecule has 4 fully saturated rings. The molecule has 3 N–H and O–H groups in total. The molecule has 0 aliphatic carbocycles. The molecule has 3 amide bonds. The highest BCUT2D eigenvalue weighted by Gasteiger charge is 2.36. The normalized spacial score (nSPS) is 17.5. The minimum Gasteiger partial charge on any atom is -0.508 e. The van der Waals surface area contributed by atoms with E-state index in [4.69, 9.17) is 4.74 Å². The second kappa shape index (κ2) is 34.6. The number of unbranched alkanes of at least 4 members (excludes halogenated alkanes) is 1. The Hall–Kier alpha value is -6.33. The van der Waals surface area contributed by atoms with E-state index in [9.17, 15) is 33.8 Å². The molecule has 15 nitrogen and oxygen atoms in total. The third-order valence-corrected chi connectivity index (χ3v) is 16.6. The summed E-state index contributed by atoms with van der Waals surface area (Å²) in [6.45, 7) is 21.9. The maximum atomic E-state index is 16.0. The maximum Gasteiger partial charge on any atom is 0.318 e. The first-order valence-electron chi connectivity index (χ1n) is 31.3. The first-order valence-corrected chi connectivity index (χ1v) is 31.3. The molecule has 0 bridgehead atoms. The van der Waals surface area contributed by atoms with Gasteiger partial charge in [-0.25, -0.2) is 8.78 Å². The largest absolute Gasteiger partial charge is 0.508 e. The molecule has 3 aromatic carbocycles. The van der Waals surface area contributed by atoms with Crippen LogP contribution in [0.1, 0.15) is 188 Å². The van der Waals surface area contributed by atoms with Crippen LogP contribution in [0.15, 0.2) is 48.7 Å². The number of phenolic OH excluding ortho intramolecular Hbond substituents is 1. The molecule has 4 unspecified atom stereocenters. The Morgan fingerprint density at radius 1 is 0.881 bits per heavy atom. The number of aromatic hydroxyl groups is 1. The fourth-order valence-corrected chi connectivity index (χ4v) is 12.0. The van der Waals surface area contributed by atoms with E-state index < -0.39 is 23.8 Å². The number of nitrogens with one attached hydrogen (secondary N) is 1. The predicted octanol–water partition coefficient (Wildman–Crippen LogP) is 13.7. The molecule has 4 aliphatic rings. The molecule has 0 radical (unpaired) electrons. The van der Waals surface area contributed by atoms with Crippen molar-refractivity contribution in [3.05, 3.63) is 77.0 Å². The van der Waals surface area contributed by atoms with Crippen molar-refractivity contribution < 1.29 is 47.6 Å². The number of β-amino-alcohol motifs (C(OH)–C–C–N with tert-alkyl or cyclic N) is 1. The number of hydrogen-bond donors (Lipinski definition) is 3. The van der Waals surface area contributed by atoms with Crippen LogP contribution in [-0.2, 0) is 36.8 Å². The summed E-state index contributed by atoms with van der Waals surface area (Å²) in [5.41, 5.74) is 3.71. The number of piperidine rings is 2. The van der Waals surface area contributed by atoms with Crippen LogP contribution in [0.3, 0.4) is 0 Å². The number of methoxy groups -OCH3 is 2. The van der Waals surface area contributed by atoms with Gasteiger partial charge in [-0.15, -0.1) is 0 Å². The number of aryl methyl sites for hydroxylation is 3. The van der Waals surface area contributed by atoms with E-state index in [-0.39, 0.29) is 58.6 Å². The summed E-state index contributed by atoms with van der Waals surface area (Å²) in [6, 6.07) is 12.4. The fourth-order valence-electron chi connectivity index (χ4n) is 12.0. The Kier molecular flexibility index (Phi) is 28.2. The van der Waals surface area contributed by atoms with Crippen molar-refractivity contribution in [2.24, 2.45) is 11.8 Å². The Bertz CT molecular complexity index is 2920. The Labute approximate surface area is 498 Å². The Morgan fingerprint density at radius 3 is 2.20 bits per heavy atom. The number of carbonyl (C=O) groups is 4. The smallest absolute Gasteiger partial charge is 0.318 e. The first-order chi connectivity index (χ1) is 40.4. The van der Waals surface area contributed by atoms with Crippen molar-refractivity contribution in [1.29, 1.82) is 0 Å². The number of fused-ring (bicyclic) bond motifs is 3. The van der Waals surface area contributed by atoms with Crippen LogP contribution in [0, 0.1) is 30.4 Å². The minimum atomic E-state index is -0.727. The highest BCUT2D eigenvalue weighted by atomic mass is 19.1. The number of aromatic nitrogens is 3. The number of rotatable bonds is 19. The summed E-state index contributed by atoms with van der Waals surface area (Å²) in [6.07, 6.45) is 21.8. The number of amides is 3. The van der Waals surface area contributed by atoms with Crippen LogP contribution >= 0.6 is 0 Å². The molecule has 5 aromatic rings. The molecule has 17 heteroatoms. The summed E-state index contributed by atoms with van der Waals surface area (Å²) in [7, 11) is 2.75. The van der Waals surface area contributed by atoms with Crippen molar-refractivity contribution in [2.45, 2.75) is 209 Å². The van der Waals surface area contributed by atoms with Crippen LogP contribution in [0.2, 0.25) is 0 Å². The lowest BCUT2D eigenvalue weighted by molar-refractivity contribution is -0.138. The van der Waals surface area contributed by atoms with Gasteiger partial charge in [-0.05, 0) is 154 Å². The van der Waals surface area contributed by atoms with Gasteiger partial charge in [-0.1, -0.05) is 112 Å². The number of carbonyl (C=O) groups excluding carboxylic acids is 4. The van der Waals surface area contributed by atoms with Gasteiger partial charge in [0.05, 0.1) is 25.7 Å². The monoisotopic (exact) mass is 1170 g/mol. The van der Waals surface area contributed by atoms with Gasteiger partial charge < -0.3 is 29.5 Å². The number of ether oxygens (including phenoxy) is 2. The fraction of sp³-hybridized carbons (Fsp3) is 0.597. The molecule has 462 valence electrons. The molecule has 4 saturated heterocycles. The number of hydrogen-bond acceptors (Lipinski definition) is 13. The first kappa shape index (κ1) is 68.5. The van der Waals surface area contributed by atoms with E-state index in [0.717, 1.165) is 48.4 Å². The molecule has 4 atom stereocenters. The summed E-state index contributed by atoms with van der Waals surface area (Å²) in [4.78, 5) is 66.0. The van der Waals surface area contributed by atoms with Gasteiger partial charge in [0.1, 0.15) is 34.6 Å². The highest BCUT2D eigenvalue weighted by molar-refractivity contribution is 6.07. The van der Waals surface area contributed by atoms with Gasteiger partial charge in [0, 0.05) is 56.3 Å². The number of benzene rings is 3. The molecule has 9 rings (SSSR count). The van der Waals surface area contributed by atoms with Crippen molar-refractivity contribution in [3.63, 3.8) is 0 Å². The minimum absolute atomic E-state index is 0.00198. The highest BCUT2D eigenvalue weighted by Crippen LogP contribution is 2.40. The molecular weight excluding hydrogens is 1070 g/mol. The van der Waals surface area contributed by atoms with Gasteiger partial charge in [-0.2, -0.15) is 9.97 Å². The van der Waals surface area contributed by atoms with E-state index in [1.807, 2.05) is 45.6 Å². The number of halogens is 2. The zero-order valence-corrected chi connectivity index (χ0v) is 52.3. The van der Waals surface area contributed by atoms with E-state index >= 15 is 4.39 Å². The zero-order valence-electron chi connectivity index (χ0n) is 52.3. The Balaban J connectivity index is 0.000000246. The van der Waals surface area contributed by atoms with Crippen molar-refractivity contribution in [3.8, 4) is 23.0 Å². The van der Waals surface area contributed by atoms with E-state index in [1.165, 1.54) is 141 Å². The number of nitrogens with zero attached hydrogens (tertiary/aromatic N) is 6. The summed E-state index contributed by atoms with van der Waals surface area (Å²) in [5.74, 6) is -0.0354. The number of pyridine rings is 1. The lowest BCUT2D eigenvalue weighted by Gasteiger charge is -2.34. The van der Waals surface area contributed by atoms with E-state index in [2.05, 4.69) is 62.8 Å². The summed E-state index contributed by atoms with van der Waals surface area (Å²) in [5, 5.41) is 24.3. The van der Waals surface area contributed by atoms with E-state index in [1.54, 1.807) is 11.0 Å². The quantitative estimate of drug-likeness (QED) is 0.0403. The third-order valence-electron chi connectivity index (χ3n) is 16.6. The van der Waals surface area contributed by atoms with Crippen molar-refractivity contribution in [1.82, 2.24) is 25.2 Å². The number of esters is 1. The third kappa shape index (κ3) is 18.8. The molecule has 6 heterocycles. The second-order valence-corrected chi connectivity index (χ2v) is 22.7. The molecule has 2 aromatic heterocycles. The number of imide groups is 1. The molecule has 4 aliphatic heterocycles. The topological polar surface area (TPSA) is 188 Å². The van der Waals surface area contributed by atoms with Gasteiger partial charge in [0.25, 0.3) is 0 Å². The number of aliphatic hydroxyl groups is 1. The average molecular weight is 1170 g/mol. The number of anilines is 2. The van der Waals surface area contributed by atoms with Crippen LogP contribution in [-0.4, -0.2) is 112 Å². The molecule has 0 saturated carbocycles. The van der Waals surface area contributed by atoms with Gasteiger partial charge >= 0.3 is 12.0 Å². The Morgan fingerprint density at radius 2 is 1.60 bits per heavy atom. The molecular formula is C67H97F2N7O8. The molecule has 0 spiro atoms. The van der Waals surface area contributed by atoms with Gasteiger partial charge in [0.2, 0.25) is 17.7 Å². The second-order valence-electron chi connectivity index (χ2n) is 22.7. The van der Waals surface area contributed by atoms with Crippen molar-refractivity contribution in [2.75, 3.05) is 50.2 Å². The molecule has 84 heavy (non-hydrogen) atoms. The standard InChI is InChI=1S/C30H48N2O3.C25H24F2N4O3.C7H13N.C3H6O2.C2H6/c1-6-11-24(16-15-22(4)8-3)13-9-10-14-25-17-18-26(23(5)21-25)32(29(34)12-7-2)27-19-20-28(33)31-30(27)35;1-3-16-19(26)7-6-13-9-15(33)10-17(20(13)16)22-21(27)23-18(11-28-22)24(30-25(29-23)34-2)31-8-4-5-14(32)12-31;1-3-7-4-2-6-8(7)5-1;1-3(4)5-2;1-2/h17-18,21-22,24,27H,6-16,19-20H2,1-5H3,(H,31,33,35);6-7,9-11,14,32-33H,3-5,8,12H2,1-2H3;7H,1-6H2;1-2H3;1-2H3. The zero-order chi connectivity index (χ0) is 61.5. The van der Waals surface area contributed by atoms with Crippen LogP contribution in [0.4, 0.5) is 20.3 Å². The average Bonchev–Trinajstić information content (AvgIpc) is 1.37. The SMILES string of the molecule is C1CC2CCCN2C1.CC.CCCC(=O)N(c1ccc(CCCCC(CCC)CCC(C)CC)cc1C)C1CCC(=O)NC1=O.CCc1c(F)ccc2cc(O)cc(-c3ncc4c(N5CCCC(O)C5)nc(OC)nc4c3F)c12.COC(C)=O. The van der Waals surface area contributed by atoms with Crippen LogP contribution in [0.25, 0.3) is 32.9 Å². The maximum absolute atomic E-state index is 16.0. The number of aliphatic hydroxyl groups excluding tert-OH is 1. The lowest BCUT2D eigenvalue weighted by atomic mass is 9.88. The van der Waals surface area contributed by atoms with Crippen LogP contribution in [0.5, 0.6) is 11.8 Å². The summed E-state index contributed by atoms with van der Waals surface area (Å²) < 4.78 is 40.0. The van der Waals surface area contributed by atoms with Crippen molar-refractivity contribution >= 4 is 56.9 Å². The van der Waals surface area contributed by atoms with Gasteiger partial charge in [-0.3, -0.25) is 34.4 Å². The van der Waals surface area contributed by atoms with Gasteiger partial charge in [0.15, 0.2) is 5.82 Å².